The Labute approximate surface area is 75.5 Å². The number of pyridine rings is 1. The van der Waals surface area contributed by atoms with Crippen molar-refractivity contribution in [2.24, 2.45) is 0 Å². The van der Waals surface area contributed by atoms with Crippen molar-refractivity contribution in [2.45, 2.75) is 6.42 Å². The zero-order valence-electron chi connectivity index (χ0n) is 6.96. The number of nitrogens with zero attached hydrogens (tertiary/aromatic N) is 2. The van der Waals surface area contributed by atoms with Crippen molar-refractivity contribution in [1.29, 1.82) is 0 Å². The molecule has 0 aliphatic rings. The molecule has 0 spiro atoms. The summed E-state index contributed by atoms with van der Waals surface area (Å²) in [6.45, 7) is 3.62. The van der Waals surface area contributed by atoms with Gasteiger partial charge in [0.15, 0.2) is 0 Å². The molecule has 5 nitrogen and oxygen atoms in total. The summed E-state index contributed by atoms with van der Waals surface area (Å²) in [5.74, 6) is 0. The molecule has 1 rings (SSSR count). The average molecular weight is 182 g/mol. The van der Waals surface area contributed by atoms with Gasteiger partial charge in [-0.1, -0.05) is 12.1 Å². The minimum atomic E-state index is -1.50. The molecule has 1 heterocycles. The van der Waals surface area contributed by atoms with Crippen LogP contribution in [0.3, 0.4) is 0 Å². The van der Waals surface area contributed by atoms with E-state index in [-0.39, 0.29) is 0 Å². The van der Waals surface area contributed by atoms with Crippen molar-refractivity contribution in [1.82, 2.24) is 4.98 Å². The molecule has 0 amide bonds. The second kappa shape index (κ2) is 6.78. The number of allylic oxidation sites excluding steroid dienone is 1. The number of hydrogen-bond acceptors (Lipinski definition) is 3. The van der Waals surface area contributed by atoms with Crippen LogP contribution in [0.4, 0.5) is 0 Å². The minimum absolute atomic E-state index is 0.862. The normalized spacial score (nSPS) is 8.00. The summed E-state index contributed by atoms with van der Waals surface area (Å²) in [5, 5.41) is 13.6. The fourth-order valence-electron chi connectivity index (χ4n) is 0.667. The van der Waals surface area contributed by atoms with Gasteiger partial charge in [-0.25, -0.2) is 0 Å². The van der Waals surface area contributed by atoms with Gasteiger partial charge in [-0.05, 0) is 12.1 Å². The molecule has 0 atom stereocenters. The van der Waals surface area contributed by atoms with Crippen molar-refractivity contribution in [3.05, 3.63) is 52.9 Å². The van der Waals surface area contributed by atoms with Gasteiger partial charge in [-0.3, -0.25) is 4.98 Å². The second-order valence-corrected chi connectivity index (χ2v) is 2.05. The topological polar surface area (TPSA) is 76.3 Å². The van der Waals surface area contributed by atoms with Crippen LogP contribution in [-0.2, 0) is 6.42 Å². The Hall–Kier alpha value is -1.91. The largest absolute Gasteiger partial charge is 0.328 e. The highest BCUT2D eigenvalue weighted by Gasteiger charge is 1.83. The molecule has 0 bridgehead atoms. The van der Waals surface area contributed by atoms with Gasteiger partial charge in [0, 0.05) is 18.3 Å². The number of hydrogen-bond donors (Lipinski definition) is 1. The predicted octanol–water partition coefficient (Wildman–Crippen LogP) is 1.46. The monoisotopic (exact) mass is 182 g/mol. The predicted molar refractivity (Wildman–Crippen MR) is 46.9 cm³/mol. The molecule has 5 heteroatoms. The first-order valence-corrected chi connectivity index (χ1v) is 3.51. The van der Waals surface area contributed by atoms with E-state index in [0.29, 0.717) is 0 Å². The SMILES string of the molecule is C=CCc1ccccn1.O=[N+]([O-])O. The maximum atomic E-state index is 8.36. The molecule has 1 N–H and O–H groups in total. The Morgan fingerprint density at radius 2 is 2.31 bits per heavy atom. The highest BCUT2D eigenvalue weighted by molar-refractivity contribution is 5.06. The molecule has 0 radical (unpaired) electrons. The van der Waals surface area contributed by atoms with E-state index in [2.05, 4.69) is 11.6 Å². The van der Waals surface area contributed by atoms with Gasteiger partial charge in [0.2, 0.25) is 0 Å². The summed E-state index contributed by atoms with van der Waals surface area (Å²) < 4.78 is 0. The second-order valence-electron chi connectivity index (χ2n) is 2.05. The van der Waals surface area contributed by atoms with E-state index in [9.17, 15) is 0 Å². The van der Waals surface area contributed by atoms with Gasteiger partial charge in [0.25, 0.3) is 5.09 Å². The van der Waals surface area contributed by atoms with Crippen LogP contribution < -0.4 is 0 Å². The molecule has 0 unspecified atom stereocenters. The average Bonchev–Trinajstić information content (AvgIpc) is 2.06. The van der Waals surface area contributed by atoms with E-state index in [0.717, 1.165) is 12.1 Å². The van der Waals surface area contributed by atoms with Crippen LogP contribution in [0, 0.1) is 10.1 Å². The Morgan fingerprint density at radius 1 is 1.69 bits per heavy atom. The fraction of sp³-hybridized carbons (Fsp3) is 0.125. The molecule has 1 aromatic heterocycles. The molecule has 13 heavy (non-hydrogen) atoms. The molecule has 0 saturated heterocycles. The smallest absolute Gasteiger partial charge is 0.291 e. The Morgan fingerprint density at radius 3 is 2.69 bits per heavy atom. The first kappa shape index (κ1) is 11.1. The fourth-order valence-corrected chi connectivity index (χ4v) is 0.667. The lowest BCUT2D eigenvalue weighted by molar-refractivity contribution is -0.742. The van der Waals surface area contributed by atoms with Crippen molar-refractivity contribution in [2.75, 3.05) is 0 Å². The summed E-state index contributed by atoms with van der Waals surface area (Å²) >= 11 is 0. The molecule has 70 valence electrons. The van der Waals surface area contributed by atoms with Crippen LogP contribution in [-0.4, -0.2) is 15.3 Å². The van der Waals surface area contributed by atoms with E-state index in [1.807, 2.05) is 24.3 Å². The van der Waals surface area contributed by atoms with Gasteiger partial charge >= 0.3 is 0 Å². The highest BCUT2D eigenvalue weighted by atomic mass is 16.9. The van der Waals surface area contributed by atoms with E-state index in [1.54, 1.807) is 6.20 Å². The van der Waals surface area contributed by atoms with Gasteiger partial charge in [-0.2, -0.15) is 0 Å². The Balaban J connectivity index is 0.000000310. The Kier molecular flexibility index (Phi) is 5.78. The lowest BCUT2D eigenvalue weighted by Crippen LogP contribution is -1.82. The van der Waals surface area contributed by atoms with Crippen molar-refractivity contribution in [3.63, 3.8) is 0 Å². The lowest BCUT2D eigenvalue weighted by Gasteiger charge is -1.90. The van der Waals surface area contributed by atoms with Crippen LogP contribution in [0.1, 0.15) is 5.69 Å². The summed E-state index contributed by atoms with van der Waals surface area (Å²) in [4.78, 5) is 12.5. The van der Waals surface area contributed by atoms with E-state index >= 15 is 0 Å². The van der Waals surface area contributed by atoms with Crippen molar-refractivity contribution in [3.8, 4) is 0 Å². The third-order valence-electron chi connectivity index (χ3n) is 1.08. The summed E-state index contributed by atoms with van der Waals surface area (Å²) in [5.41, 5.74) is 1.08. The van der Waals surface area contributed by atoms with Gasteiger partial charge in [0.1, 0.15) is 0 Å². The molecule has 1 aromatic rings. The standard InChI is InChI=1S/C8H9N.HNO3/c1-2-5-8-6-3-4-7-9-8;2-1(3)4/h2-4,6-7H,1,5H2;(H,2,3,4). The molecular weight excluding hydrogens is 172 g/mol. The summed E-state index contributed by atoms with van der Waals surface area (Å²) in [7, 11) is 0. The van der Waals surface area contributed by atoms with Gasteiger partial charge < -0.3 is 5.21 Å². The highest BCUT2D eigenvalue weighted by Crippen LogP contribution is 1.93. The first-order valence-electron chi connectivity index (χ1n) is 3.51. The van der Waals surface area contributed by atoms with Crippen molar-refractivity contribution < 1.29 is 10.3 Å². The zero-order valence-corrected chi connectivity index (χ0v) is 6.96. The maximum absolute atomic E-state index is 8.36. The van der Waals surface area contributed by atoms with Crippen LogP contribution in [0.2, 0.25) is 0 Å². The zero-order chi connectivity index (χ0) is 10.1. The quantitative estimate of drug-likeness (QED) is 0.426. The third kappa shape index (κ3) is 7.99. The molecule has 0 saturated carbocycles. The molecule has 0 aliphatic heterocycles. The van der Waals surface area contributed by atoms with Crippen molar-refractivity contribution >= 4 is 0 Å². The maximum Gasteiger partial charge on any atom is 0.291 e. The summed E-state index contributed by atoms with van der Waals surface area (Å²) in [6, 6.07) is 5.88. The van der Waals surface area contributed by atoms with E-state index in [4.69, 9.17) is 15.3 Å². The number of aromatic nitrogens is 1. The number of rotatable bonds is 2. The molecule has 0 aliphatic carbocycles. The van der Waals surface area contributed by atoms with Gasteiger partial charge in [-0.15, -0.1) is 16.7 Å². The van der Waals surface area contributed by atoms with Crippen LogP contribution in [0.5, 0.6) is 0 Å². The van der Waals surface area contributed by atoms with Gasteiger partial charge in [0.05, 0.1) is 0 Å². The summed E-state index contributed by atoms with van der Waals surface area (Å²) in [6.07, 6.45) is 4.50. The Bertz CT molecular complexity index is 257. The van der Waals surface area contributed by atoms with Crippen LogP contribution >= 0.6 is 0 Å². The van der Waals surface area contributed by atoms with Crippen LogP contribution in [0.15, 0.2) is 37.1 Å². The third-order valence-corrected chi connectivity index (χ3v) is 1.08. The lowest BCUT2D eigenvalue weighted by atomic mass is 10.3. The molecular formula is C8H10N2O3. The van der Waals surface area contributed by atoms with E-state index < -0.39 is 5.09 Å². The van der Waals surface area contributed by atoms with E-state index in [1.165, 1.54) is 0 Å². The molecule has 0 fully saturated rings. The van der Waals surface area contributed by atoms with Crippen LogP contribution in [0.25, 0.3) is 0 Å². The first-order chi connectivity index (χ1) is 6.16. The molecule has 0 aromatic carbocycles. The minimum Gasteiger partial charge on any atom is -0.328 e.